The topological polar surface area (TPSA) is 64.3 Å². The van der Waals surface area contributed by atoms with Crippen LogP contribution in [0.15, 0.2) is 35.1 Å². The van der Waals surface area contributed by atoms with Gasteiger partial charge in [0.05, 0.1) is 12.4 Å². The number of halogens is 1. The van der Waals surface area contributed by atoms with Gasteiger partial charge in [0.2, 0.25) is 0 Å². The summed E-state index contributed by atoms with van der Waals surface area (Å²) < 4.78 is 8.00. The molecule has 0 bridgehead atoms. The van der Waals surface area contributed by atoms with Gasteiger partial charge in [-0.25, -0.2) is 4.79 Å². The summed E-state index contributed by atoms with van der Waals surface area (Å²) in [5.74, 6) is -0.231. The van der Waals surface area contributed by atoms with Crippen molar-refractivity contribution in [3.63, 3.8) is 0 Å². The minimum absolute atomic E-state index is 0.113. The Kier molecular flexibility index (Phi) is 3.66. The van der Waals surface area contributed by atoms with Crippen LogP contribution < -0.4 is 4.74 Å². The fraction of sp³-hybridized carbons (Fsp3) is 0.167. The molecule has 0 aliphatic heterocycles. The molecule has 2 aromatic rings. The van der Waals surface area contributed by atoms with Crippen LogP contribution in [0.1, 0.15) is 17.3 Å². The lowest BCUT2D eigenvalue weighted by Gasteiger charge is -2.07. The fourth-order valence-electron chi connectivity index (χ4n) is 1.45. The van der Waals surface area contributed by atoms with Gasteiger partial charge in [0.25, 0.3) is 0 Å². The standard InChI is InChI=1S/C12H11BrN2O3/c1-2-15-7-9(6-14-15)18-11-5-8(13)3-4-10(11)12(16)17/h3-7H,2H2,1H3,(H,16,17). The number of benzene rings is 1. The first kappa shape index (κ1) is 12.6. The van der Waals surface area contributed by atoms with Crippen LogP contribution in [0.5, 0.6) is 11.5 Å². The SMILES string of the molecule is CCn1cc(Oc2cc(Br)ccc2C(=O)O)cn1. The molecular weight excluding hydrogens is 300 g/mol. The van der Waals surface area contributed by atoms with Crippen LogP contribution in [0.3, 0.4) is 0 Å². The van der Waals surface area contributed by atoms with Crippen LogP contribution in [-0.4, -0.2) is 20.9 Å². The number of rotatable bonds is 4. The van der Waals surface area contributed by atoms with Gasteiger partial charge >= 0.3 is 5.97 Å². The average Bonchev–Trinajstić information content (AvgIpc) is 2.76. The number of aromatic carboxylic acids is 1. The Morgan fingerprint density at radius 3 is 2.94 bits per heavy atom. The highest BCUT2D eigenvalue weighted by molar-refractivity contribution is 9.10. The lowest BCUT2D eigenvalue weighted by Crippen LogP contribution is -1.99. The van der Waals surface area contributed by atoms with Gasteiger partial charge in [0, 0.05) is 11.0 Å². The molecule has 0 fully saturated rings. The van der Waals surface area contributed by atoms with Crippen molar-refractivity contribution in [3.05, 3.63) is 40.6 Å². The van der Waals surface area contributed by atoms with Crippen LogP contribution in [-0.2, 0) is 6.54 Å². The van der Waals surface area contributed by atoms with E-state index < -0.39 is 5.97 Å². The number of ether oxygens (including phenoxy) is 1. The molecule has 0 saturated carbocycles. The first-order chi connectivity index (χ1) is 8.60. The normalized spacial score (nSPS) is 10.3. The number of nitrogens with zero attached hydrogens (tertiary/aromatic N) is 2. The zero-order chi connectivity index (χ0) is 13.1. The third-order valence-electron chi connectivity index (χ3n) is 2.34. The molecule has 0 saturated heterocycles. The van der Waals surface area contributed by atoms with Crippen LogP contribution in [0.4, 0.5) is 0 Å². The number of carboxylic acid groups (broad SMARTS) is 1. The molecule has 1 aromatic carbocycles. The van der Waals surface area contributed by atoms with Crippen molar-refractivity contribution in [2.24, 2.45) is 0 Å². The Hall–Kier alpha value is -1.82. The summed E-state index contributed by atoms with van der Waals surface area (Å²) >= 11 is 3.28. The smallest absolute Gasteiger partial charge is 0.339 e. The van der Waals surface area contributed by atoms with Gasteiger partial charge in [-0.3, -0.25) is 4.68 Å². The fourth-order valence-corrected chi connectivity index (χ4v) is 1.79. The van der Waals surface area contributed by atoms with E-state index in [0.717, 1.165) is 11.0 Å². The van der Waals surface area contributed by atoms with E-state index >= 15 is 0 Å². The number of carbonyl (C=O) groups is 1. The summed E-state index contributed by atoms with van der Waals surface area (Å²) in [4.78, 5) is 11.1. The zero-order valence-corrected chi connectivity index (χ0v) is 11.2. The highest BCUT2D eigenvalue weighted by atomic mass is 79.9. The number of carboxylic acids is 1. The maximum atomic E-state index is 11.1. The second-order valence-electron chi connectivity index (χ2n) is 3.58. The van der Waals surface area contributed by atoms with Gasteiger partial charge in [0.1, 0.15) is 11.3 Å². The highest BCUT2D eigenvalue weighted by Gasteiger charge is 2.13. The second-order valence-corrected chi connectivity index (χ2v) is 4.50. The summed E-state index contributed by atoms with van der Waals surface area (Å²) in [6, 6.07) is 4.77. The molecule has 0 spiro atoms. The molecule has 0 aliphatic carbocycles. The molecule has 0 radical (unpaired) electrons. The quantitative estimate of drug-likeness (QED) is 0.942. The molecule has 5 nitrogen and oxygen atoms in total. The molecule has 6 heteroatoms. The summed E-state index contributed by atoms with van der Waals surface area (Å²) in [5.41, 5.74) is 0.113. The van der Waals surface area contributed by atoms with E-state index in [2.05, 4.69) is 21.0 Å². The van der Waals surface area contributed by atoms with Crippen molar-refractivity contribution in [1.82, 2.24) is 9.78 Å². The van der Waals surface area contributed by atoms with E-state index in [-0.39, 0.29) is 11.3 Å². The largest absolute Gasteiger partial charge is 0.478 e. The molecular formula is C12H11BrN2O3. The van der Waals surface area contributed by atoms with E-state index in [9.17, 15) is 4.79 Å². The van der Waals surface area contributed by atoms with E-state index in [1.54, 1.807) is 29.2 Å². The summed E-state index contributed by atoms with van der Waals surface area (Å²) in [5, 5.41) is 13.1. The second kappa shape index (κ2) is 5.22. The lowest BCUT2D eigenvalue weighted by atomic mass is 10.2. The van der Waals surface area contributed by atoms with Crippen LogP contribution >= 0.6 is 15.9 Å². The minimum Gasteiger partial charge on any atom is -0.478 e. The summed E-state index contributed by atoms with van der Waals surface area (Å²) in [6.07, 6.45) is 3.27. The Balaban J connectivity index is 2.32. The molecule has 0 aliphatic rings. The van der Waals surface area contributed by atoms with Crippen LogP contribution in [0.2, 0.25) is 0 Å². The van der Waals surface area contributed by atoms with Gasteiger partial charge in [-0.05, 0) is 25.1 Å². The van der Waals surface area contributed by atoms with Gasteiger partial charge in [0.15, 0.2) is 5.75 Å². The molecule has 0 amide bonds. The highest BCUT2D eigenvalue weighted by Crippen LogP contribution is 2.28. The Morgan fingerprint density at radius 1 is 1.56 bits per heavy atom. The maximum Gasteiger partial charge on any atom is 0.339 e. The van der Waals surface area contributed by atoms with Crippen LogP contribution in [0.25, 0.3) is 0 Å². The number of aryl methyl sites for hydroxylation is 1. The molecule has 1 N–H and O–H groups in total. The Labute approximate surface area is 112 Å². The third-order valence-corrected chi connectivity index (χ3v) is 2.83. The van der Waals surface area contributed by atoms with Gasteiger partial charge < -0.3 is 9.84 Å². The van der Waals surface area contributed by atoms with E-state index in [1.165, 1.54) is 6.07 Å². The Morgan fingerprint density at radius 2 is 2.33 bits per heavy atom. The van der Waals surface area contributed by atoms with Gasteiger partial charge in [-0.1, -0.05) is 15.9 Å². The summed E-state index contributed by atoms with van der Waals surface area (Å²) in [6.45, 7) is 2.69. The molecule has 94 valence electrons. The maximum absolute atomic E-state index is 11.1. The van der Waals surface area contributed by atoms with Crippen LogP contribution in [0, 0.1) is 0 Å². The number of hydrogen-bond acceptors (Lipinski definition) is 3. The molecule has 2 rings (SSSR count). The lowest BCUT2D eigenvalue weighted by molar-refractivity contribution is 0.0694. The predicted molar refractivity (Wildman–Crippen MR) is 69.1 cm³/mol. The summed E-state index contributed by atoms with van der Waals surface area (Å²) in [7, 11) is 0. The Bertz CT molecular complexity index is 580. The van der Waals surface area contributed by atoms with Crippen molar-refractivity contribution >= 4 is 21.9 Å². The van der Waals surface area contributed by atoms with Crippen molar-refractivity contribution in [2.75, 3.05) is 0 Å². The van der Waals surface area contributed by atoms with E-state index in [0.29, 0.717) is 5.75 Å². The molecule has 0 unspecified atom stereocenters. The first-order valence-corrected chi connectivity index (χ1v) is 6.12. The van der Waals surface area contributed by atoms with Crippen molar-refractivity contribution in [1.29, 1.82) is 0 Å². The van der Waals surface area contributed by atoms with Crippen molar-refractivity contribution in [3.8, 4) is 11.5 Å². The van der Waals surface area contributed by atoms with Gasteiger partial charge in [-0.15, -0.1) is 0 Å². The number of aromatic nitrogens is 2. The minimum atomic E-state index is -1.03. The van der Waals surface area contributed by atoms with Crippen molar-refractivity contribution < 1.29 is 14.6 Å². The monoisotopic (exact) mass is 310 g/mol. The molecule has 18 heavy (non-hydrogen) atoms. The third kappa shape index (κ3) is 2.70. The zero-order valence-electron chi connectivity index (χ0n) is 9.63. The first-order valence-electron chi connectivity index (χ1n) is 5.33. The average molecular weight is 311 g/mol. The molecule has 0 atom stereocenters. The van der Waals surface area contributed by atoms with Gasteiger partial charge in [-0.2, -0.15) is 5.10 Å². The van der Waals surface area contributed by atoms with E-state index in [4.69, 9.17) is 9.84 Å². The predicted octanol–water partition coefficient (Wildman–Crippen LogP) is 3.16. The van der Waals surface area contributed by atoms with E-state index in [1.807, 2.05) is 6.92 Å². The molecule has 1 heterocycles. The van der Waals surface area contributed by atoms with Crippen molar-refractivity contribution in [2.45, 2.75) is 13.5 Å². The number of hydrogen-bond donors (Lipinski definition) is 1. The molecule has 1 aromatic heterocycles.